The summed E-state index contributed by atoms with van der Waals surface area (Å²) < 4.78 is 33.1. The number of nitrogens with one attached hydrogen (secondary N) is 2. The first-order chi connectivity index (χ1) is 15.8. The van der Waals surface area contributed by atoms with E-state index in [9.17, 15) is 22.8 Å². The van der Waals surface area contributed by atoms with Crippen molar-refractivity contribution in [1.29, 1.82) is 0 Å². The van der Waals surface area contributed by atoms with Crippen LogP contribution in [0.2, 0.25) is 0 Å². The molecule has 1 aromatic heterocycles. The fourth-order valence-electron chi connectivity index (χ4n) is 3.65. The lowest BCUT2D eigenvalue weighted by Gasteiger charge is -2.34. The van der Waals surface area contributed by atoms with Crippen LogP contribution in [0.4, 0.5) is 5.69 Å². The molecule has 0 saturated carbocycles. The van der Waals surface area contributed by atoms with Crippen molar-refractivity contribution in [2.75, 3.05) is 38.0 Å². The molecule has 10 nitrogen and oxygen atoms in total. The minimum atomic E-state index is -3.82. The number of anilines is 1. The number of sulfonamides is 1. The summed E-state index contributed by atoms with van der Waals surface area (Å²) in [7, 11) is -3.82. The Morgan fingerprint density at radius 1 is 1.21 bits per heavy atom. The molecule has 0 aliphatic carbocycles. The number of hydrogen-bond acceptors (Lipinski definition) is 7. The van der Waals surface area contributed by atoms with E-state index >= 15 is 0 Å². The zero-order valence-corrected chi connectivity index (χ0v) is 19.6. The maximum Gasteiger partial charge on any atom is 0.265 e. The normalized spacial score (nSPS) is 18.8. The van der Waals surface area contributed by atoms with Gasteiger partial charge in [-0.2, -0.15) is 4.31 Å². The molecular formula is C21H24N4O6S2. The van der Waals surface area contributed by atoms with Gasteiger partial charge in [0.05, 0.1) is 22.0 Å². The van der Waals surface area contributed by atoms with Crippen molar-refractivity contribution in [3.05, 3.63) is 40.6 Å². The topological polar surface area (TPSA) is 125 Å². The molecule has 1 aromatic carbocycles. The van der Waals surface area contributed by atoms with E-state index in [0.717, 1.165) is 0 Å². The van der Waals surface area contributed by atoms with Gasteiger partial charge in [0.1, 0.15) is 5.75 Å². The Labute approximate surface area is 195 Å². The lowest BCUT2D eigenvalue weighted by Crippen LogP contribution is -2.52. The molecular weight excluding hydrogens is 468 g/mol. The van der Waals surface area contributed by atoms with Crippen molar-refractivity contribution in [2.45, 2.75) is 24.3 Å². The molecule has 1 atom stereocenters. The monoisotopic (exact) mass is 492 g/mol. The van der Waals surface area contributed by atoms with Gasteiger partial charge in [0.2, 0.25) is 15.9 Å². The number of thiophene rings is 1. The first kappa shape index (κ1) is 23.2. The van der Waals surface area contributed by atoms with E-state index in [4.69, 9.17) is 4.74 Å². The van der Waals surface area contributed by atoms with Gasteiger partial charge in [-0.05, 0) is 36.1 Å². The van der Waals surface area contributed by atoms with Crippen molar-refractivity contribution >= 4 is 44.8 Å². The van der Waals surface area contributed by atoms with Gasteiger partial charge >= 0.3 is 0 Å². The number of nitrogens with zero attached hydrogens (tertiary/aromatic N) is 2. The van der Waals surface area contributed by atoms with Crippen LogP contribution in [0.5, 0.6) is 5.75 Å². The average molecular weight is 493 g/mol. The van der Waals surface area contributed by atoms with Crippen LogP contribution >= 0.6 is 11.3 Å². The minimum Gasteiger partial charge on any atom is -0.478 e. The van der Waals surface area contributed by atoms with E-state index in [-0.39, 0.29) is 55.3 Å². The Bertz CT molecular complexity index is 1160. The number of benzene rings is 1. The maximum absolute atomic E-state index is 13.1. The summed E-state index contributed by atoms with van der Waals surface area (Å²) in [4.78, 5) is 38.6. The minimum absolute atomic E-state index is 0.0445. The Morgan fingerprint density at radius 2 is 1.97 bits per heavy atom. The van der Waals surface area contributed by atoms with Crippen molar-refractivity contribution in [3.63, 3.8) is 0 Å². The predicted octanol–water partition coefficient (Wildman–Crippen LogP) is 1.12. The number of hydrogen-bond donors (Lipinski definition) is 2. The summed E-state index contributed by atoms with van der Waals surface area (Å²) in [6.45, 7) is 2.38. The van der Waals surface area contributed by atoms with Gasteiger partial charge in [-0.25, -0.2) is 8.42 Å². The quantitative estimate of drug-likeness (QED) is 0.623. The van der Waals surface area contributed by atoms with Crippen LogP contribution in [-0.2, 0) is 19.6 Å². The van der Waals surface area contributed by atoms with E-state index < -0.39 is 16.1 Å². The molecule has 0 spiro atoms. The first-order valence-corrected chi connectivity index (χ1v) is 12.8. The number of rotatable bonds is 6. The molecule has 176 valence electrons. The van der Waals surface area contributed by atoms with Gasteiger partial charge in [0, 0.05) is 26.2 Å². The van der Waals surface area contributed by atoms with Crippen molar-refractivity contribution in [2.24, 2.45) is 0 Å². The molecule has 1 fully saturated rings. The summed E-state index contributed by atoms with van der Waals surface area (Å²) in [5, 5.41) is 7.07. The van der Waals surface area contributed by atoms with E-state index in [1.165, 1.54) is 32.7 Å². The first-order valence-electron chi connectivity index (χ1n) is 10.5. The second-order valence-electron chi connectivity index (χ2n) is 7.61. The molecule has 2 aromatic rings. The van der Waals surface area contributed by atoms with Gasteiger partial charge in [0.15, 0.2) is 6.10 Å². The zero-order chi connectivity index (χ0) is 23.6. The Balaban J connectivity index is 1.35. The van der Waals surface area contributed by atoms with Crippen molar-refractivity contribution in [1.82, 2.24) is 14.5 Å². The highest BCUT2D eigenvalue weighted by Crippen LogP contribution is 2.33. The van der Waals surface area contributed by atoms with Gasteiger partial charge in [-0.1, -0.05) is 13.0 Å². The summed E-state index contributed by atoms with van der Waals surface area (Å²) in [5.74, 6) is -0.456. The second-order valence-corrected chi connectivity index (χ2v) is 10.5. The summed E-state index contributed by atoms with van der Waals surface area (Å²) in [6, 6.07) is 7.82. The highest BCUT2D eigenvalue weighted by Gasteiger charge is 2.32. The highest BCUT2D eigenvalue weighted by atomic mass is 32.2. The molecule has 33 heavy (non-hydrogen) atoms. The molecule has 0 radical (unpaired) electrons. The SMILES string of the molecule is CC[C@H]1Oc2ccc(S(=O)(=O)N3CCN(C(=O)CNC(=O)c4cccs4)CC3)cc2NC1=O. The molecule has 2 N–H and O–H groups in total. The van der Waals surface area contributed by atoms with Crippen LogP contribution in [-0.4, -0.2) is 74.2 Å². The standard InChI is InChI=1S/C21H24N4O6S2/c1-2-16-20(27)23-15-12-14(5-6-17(15)31-16)33(29,30)25-9-7-24(8-10-25)19(26)13-22-21(28)18-4-3-11-32-18/h3-6,11-12,16H,2,7-10,13H2,1H3,(H,22,28)(H,23,27)/t16-/m1/s1. The molecule has 4 rings (SSSR count). The number of piperazine rings is 1. The fourth-order valence-corrected chi connectivity index (χ4v) is 5.74. The third kappa shape index (κ3) is 4.87. The van der Waals surface area contributed by atoms with Crippen LogP contribution in [0.3, 0.4) is 0 Å². The van der Waals surface area contributed by atoms with Gasteiger partial charge < -0.3 is 20.3 Å². The summed E-state index contributed by atoms with van der Waals surface area (Å²) in [6.07, 6.45) is -0.0906. The molecule has 2 aliphatic heterocycles. The van der Waals surface area contributed by atoms with E-state index in [1.54, 1.807) is 23.6 Å². The average Bonchev–Trinajstić information content (AvgIpc) is 3.36. The molecule has 0 unspecified atom stereocenters. The predicted molar refractivity (Wildman–Crippen MR) is 122 cm³/mol. The Kier molecular flexibility index (Phi) is 6.68. The largest absolute Gasteiger partial charge is 0.478 e. The zero-order valence-electron chi connectivity index (χ0n) is 17.9. The summed E-state index contributed by atoms with van der Waals surface area (Å²) >= 11 is 1.29. The number of amides is 3. The van der Waals surface area contributed by atoms with Gasteiger partial charge in [-0.3, -0.25) is 14.4 Å². The number of fused-ring (bicyclic) bond motifs is 1. The Morgan fingerprint density at radius 3 is 2.64 bits per heavy atom. The van der Waals surface area contributed by atoms with E-state index in [1.807, 2.05) is 6.92 Å². The number of carbonyl (C=O) groups excluding carboxylic acids is 3. The Hall–Kier alpha value is -2.96. The van der Waals surface area contributed by atoms with E-state index in [2.05, 4.69) is 10.6 Å². The van der Waals surface area contributed by atoms with Crippen LogP contribution in [0.25, 0.3) is 0 Å². The molecule has 2 aliphatic rings. The smallest absolute Gasteiger partial charge is 0.265 e. The molecule has 3 amide bonds. The lowest BCUT2D eigenvalue weighted by molar-refractivity contribution is -0.131. The molecule has 12 heteroatoms. The van der Waals surface area contributed by atoms with E-state index in [0.29, 0.717) is 22.7 Å². The third-order valence-corrected chi connectivity index (χ3v) is 8.28. The molecule has 1 saturated heterocycles. The highest BCUT2D eigenvalue weighted by molar-refractivity contribution is 7.89. The van der Waals surface area contributed by atoms with Crippen molar-refractivity contribution in [3.8, 4) is 5.75 Å². The second kappa shape index (κ2) is 9.49. The number of ether oxygens (including phenoxy) is 1. The third-order valence-electron chi connectivity index (χ3n) is 5.52. The summed E-state index contributed by atoms with van der Waals surface area (Å²) in [5.41, 5.74) is 0.320. The van der Waals surface area contributed by atoms with Gasteiger partial charge in [-0.15, -0.1) is 11.3 Å². The maximum atomic E-state index is 13.1. The number of carbonyl (C=O) groups is 3. The lowest BCUT2D eigenvalue weighted by atomic mass is 10.2. The molecule has 3 heterocycles. The fraction of sp³-hybridized carbons (Fsp3) is 0.381. The van der Waals surface area contributed by atoms with Crippen LogP contribution in [0, 0.1) is 0 Å². The van der Waals surface area contributed by atoms with Gasteiger partial charge in [0.25, 0.3) is 11.8 Å². The van der Waals surface area contributed by atoms with Crippen molar-refractivity contribution < 1.29 is 27.5 Å². The molecule has 0 bridgehead atoms. The van der Waals surface area contributed by atoms with Crippen LogP contribution in [0.1, 0.15) is 23.0 Å². The van der Waals surface area contributed by atoms with Crippen LogP contribution in [0.15, 0.2) is 40.6 Å². The van der Waals surface area contributed by atoms with Crippen LogP contribution < -0.4 is 15.4 Å².